The topological polar surface area (TPSA) is 85.6 Å². The molecule has 1 amide bonds. The van der Waals surface area contributed by atoms with Gasteiger partial charge in [-0.1, -0.05) is 41.6 Å². The van der Waals surface area contributed by atoms with Crippen LogP contribution < -0.4 is 15.7 Å². The maximum Gasteiger partial charge on any atom is 0.266 e. The molecule has 0 aliphatic rings. The van der Waals surface area contributed by atoms with Crippen LogP contribution in [0.3, 0.4) is 0 Å². The third-order valence-corrected chi connectivity index (χ3v) is 6.51. The van der Waals surface area contributed by atoms with Gasteiger partial charge in [0.2, 0.25) is 0 Å². The van der Waals surface area contributed by atoms with Gasteiger partial charge in [-0.2, -0.15) is 5.10 Å². The average molecular weight is 537 g/mol. The molecule has 0 unspecified atom stereocenters. The third-order valence-electron chi connectivity index (χ3n) is 4.95. The van der Waals surface area contributed by atoms with E-state index in [9.17, 15) is 9.59 Å². The van der Waals surface area contributed by atoms with Gasteiger partial charge in [0, 0.05) is 0 Å². The first-order valence-electron chi connectivity index (χ1n) is 10.3. The molecule has 172 valence electrons. The molecule has 0 aliphatic carbocycles. The Balaban J connectivity index is 1.53. The lowest BCUT2D eigenvalue weighted by molar-refractivity contribution is -0.118. The molecule has 3 aromatic carbocycles. The van der Waals surface area contributed by atoms with E-state index in [1.807, 2.05) is 55.5 Å². The van der Waals surface area contributed by atoms with Gasteiger partial charge in [-0.3, -0.25) is 14.2 Å². The first kappa shape index (κ1) is 23.7. The van der Waals surface area contributed by atoms with Crippen molar-refractivity contribution < 1.29 is 9.53 Å². The van der Waals surface area contributed by atoms with Crippen LogP contribution in [0.1, 0.15) is 11.1 Å². The van der Waals surface area contributed by atoms with Crippen LogP contribution in [0.15, 0.2) is 86.3 Å². The van der Waals surface area contributed by atoms with Gasteiger partial charge in [0.05, 0.1) is 40.1 Å². The van der Waals surface area contributed by atoms with Crippen molar-refractivity contribution in [3.05, 3.63) is 92.7 Å². The van der Waals surface area contributed by atoms with E-state index in [4.69, 9.17) is 4.74 Å². The van der Waals surface area contributed by atoms with E-state index in [-0.39, 0.29) is 17.2 Å². The number of fused-ring (bicyclic) bond motifs is 1. The van der Waals surface area contributed by atoms with Crippen LogP contribution in [-0.2, 0) is 4.79 Å². The lowest BCUT2D eigenvalue weighted by Gasteiger charge is -2.13. The molecule has 4 aromatic rings. The smallest absolute Gasteiger partial charge is 0.266 e. The van der Waals surface area contributed by atoms with Crippen molar-refractivity contribution in [2.75, 3.05) is 12.9 Å². The van der Waals surface area contributed by atoms with E-state index < -0.39 is 0 Å². The summed E-state index contributed by atoms with van der Waals surface area (Å²) >= 11 is 4.60. The van der Waals surface area contributed by atoms with Crippen molar-refractivity contribution in [1.82, 2.24) is 15.0 Å². The minimum Gasteiger partial charge on any atom is -0.496 e. The van der Waals surface area contributed by atoms with Crippen molar-refractivity contribution in [3.8, 4) is 11.4 Å². The number of hydrogen-bond acceptors (Lipinski definition) is 6. The minimum absolute atomic E-state index is 0.0420. The van der Waals surface area contributed by atoms with Crippen LogP contribution in [0.5, 0.6) is 5.75 Å². The highest BCUT2D eigenvalue weighted by molar-refractivity contribution is 9.10. The molecule has 0 bridgehead atoms. The first-order chi connectivity index (χ1) is 16.5. The number of nitrogens with zero attached hydrogens (tertiary/aromatic N) is 3. The Morgan fingerprint density at radius 3 is 2.68 bits per heavy atom. The lowest BCUT2D eigenvalue weighted by Crippen LogP contribution is -2.24. The maximum atomic E-state index is 13.3. The van der Waals surface area contributed by atoms with E-state index in [2.05, 4.69) is 31.4 Å². The number of carbonyl (C=O) groups excluding carboxylic acids is 1. The summed E-state index contributed by atoms with van der Waals surface area (Å²) in [5, 5.41) is 4.98. The largest absolute Gasteiger partial charge is 0.496 e. The van der Waals surface area contributed by atoms with Crippen molar-refractivity contribution >= 4 is 50.7 Å². The van der Waals surface area contributed by atoms with Crippen molar-refractivity contribution in [2.24, 2.45) is 5.10 Å². The molecule has 0 saturated heterocycles. The molecule has 7 nitrogen and oxygen atoms in total. The van der Waals surface area contributed by atoms with Gasteiger partial charge >= 0.3 is 0 Å². The minimum atomic E-state index is -0.313. The summed E-state index contributed by atoms with van der Waals surface area (Å²) < 4.78 is 7.53. The van der Waals surface area contributed by atoms with Gasteiger partial charge in [-0.15, -0.1) is 0 Å². The Labute approximate surface area is 209 Å². The summed E-state index contributed by atoms with van der Waals surface area (Å²) in [6.07, 6.45) is 1.54. The zero-order valence-electron chi connectivity index (χ0n) is 18.5. The number of aromatic nitrogens is 2. The summed E-state index contributed by atoms with van der Waals surface area (Å²) in [4.78, 5) is 30.3. The number of ether oxygens (including phenoxy) is 1. The Hall–Kier alpha value is -3.43. The number of amides is 1. The number of aryl methyl sites for hydroxylation is 1. The lowest BCUT2D eigenvalue weighted by atomic mass is 10.2. The van der Waals surface area contributed by atoms with Gasteiger partial charge in [-0.25, -0.2) is 10.4 Å². The van der Waals surface area contributed by atoms with Crippen molar-refractivity contribution in [1.29, 1.82) is 0 Å². The summed E-state index contributed by atoms with van der Waals surface area (Å²) in [5.41, 5.74) is 5.50. The van der Waals surface area contributed by atoms with Crippen LogP contribution in [0.2, 0.25) is 0 Å². The average Bonchev–Trinajstić information content (AvgIpc) is 2.84. The molecular weight excluding hydrogens is 516 g/mol. The Bertz CT molecular complexity index is 1430. The van der Waals surface area contributed by atoms with Crippen molar-refractivity contribution in [3.63, 3.8) is 0 Å². The number of rotatable bonds is 7. The van der Waals surface area contributed by atoms with Crippen molar-refractivity contribution in [2.45, 2.75) is 12.1 Å². The summed E-state index contributed by atoms with van der Waals surface area (Å²) in [6, 6.07) is 20.3. The molecule has 0 saturated carbocycles. The molecule has 0 fully saturated rings. The molecule has 0 spiro atoms. The fourth-order valence-corrected chi connectivity index (χ4v) is 4.60. The molecule has 1 N–H and O–H groups in total. The van der Waals surface area contributed by atoms with Gasteiger partial charge < -0.3 is 4.74 Å². The number of para-hydroxylation sites is 1. The highest BCUT2D eigenvalue weighted by Gasteiger charge is 2.14. The second-order valence-electron chi connectivity index (χ2n) is 7.36. The van der Waals surface area contributed by atoms with Crippen LogP contribution in [0.25, 0.3) is 16.6 Å². The first-order valence-corrected chi connectivity index (χ1v) is 12.1. The van der Waals surface area contributed by atoms with Crippen LogP contribution in [0, 0.1) is 6.92 Å². The monoisotopic (exact) mass is 536 g/mol. The molecule has 0 radical (unpaired) electrons. The SMILES string of the molecule is COc1ccc(/C=N\NC(=O)CSc2nc3ccccc3c(=O)n2-c2ccc(C)cc2)cc1Br. The van der Waals surface area contributed by atoms with Gasteiger partial charge in [-0.05, 0) is 70.9 Å². The summed E-state index contributed by atoms with van der Waals surface area (Å²) in [6.45, 7) is 1.98. The molecule has 4 rings (SSSR count). The zero-order chi connectivity index (χ0) is 24.1. The van der Waals surface area contributed by atoms with Crippen LogP contribution in [0.4, 0.5) is 0 Å². The normalized spacial score (nSPS) is 11.1. The van der Waals surface area contributed by atoms with Crippen LogP contribution in [-0.4, -0.2) is 34.5 Å². The molecule has 1 heterocycles. The number of thioether (sulfide) groups is 1. The second kappa shape index (κ2) is 10.7. The van der Waals surface area contributed by atoms with E-state index in [0.717, 1.165) is 15.6 Å². The van der Waals surface area contributed by atoms with Gasteiger partial charge in [0.1, 0.15) is 5.75 Å². The predicted octanol–water partition coefficient (Wildman–Crippen LogP) is 4.71. The molecule has 0 aliphatic heterocycles. The Morgan fingerprint density at radius 1 is 1.18 bits per heavy atom. The highest BCUT2D eigenvalue weighted by atomic mass is 79.9. The number of benzene rings is 3. The Morgan fingerprint density at radius 2 is 1.94 bits per heavy atom. The maximum absolute atomic E-state index is 13.3. The summed E-state index contributed by atoms with van der Waals surface area (Å²) in [5.74, 6) is 0.437. The van der Waals surface area contributed by atoms with E-state index in [0.29, 0.717) is 27.5 Å². The molecule has 0 atom stereocenters. The summed E-state index contributed by atoms with van der Waals surface area (Å²) in [7, 11) is 1.59. The molecule has 34 heavy (non-hydrogen) atoms. The Kier molecular flexibility index (Phi) is 7.44. The number of halogens is 1. The van der Waals surface area contributed by atoms with E-state index in [1.165, 1.54) is 16.3 Å². The standard InChI is InChI=1S/C25H21BrN4O3S/c1-16-7-10-18(11-8-16)30-24(32)19-5-3-4-6-21(19)28-25(30)34-15-23(31)29-27-14-17-9-12-22(33-2)20(26)13-17/h3-14H,15H2,1-2H3,(H,29,31)/b27-14-. The third kappa shape index (κ3) is 5.37. The quantitative estimate of drug-likeness (QED) is 0.160. The van der Waals surface area contributed by atoms with E-state index >= 15 is 0 Å². The fourth-order valence-electron chi connectivity index (χ4n) is 3.23. The fraction of sp³-hybridized carbons (Fsp3) is 0.120. The van der Waals surface area contributed by atoms with E-state index in [1.54, 1.807) is 31.5 Å². The number of methoxy groups -OCH3 is 1. The molecular formula is C25H21BrN4O3S. The zero-order valence-corrected chi connectivity index (χ0v) is 20.9. The molecule has 9 heteroatoms. The predicted molar refractivity (Wildman–Crippen MR) is 139 cm³/mol. The molecule has 1 aromatic heterocycles. The van der Waals surface area contributed by atoms with Gasteiger partial charge in [0.25, 0.3) is 11.5 Å². The number of nitrogens with one attached hydrogen (secondary N) is 1. The number of hydrazone groups is 1. The van der Waals surface area contributed by atoms with Crippen LogP contribution >= 0.6 is 27.7 Å². The van der Waals surface area contributed by atoms with Gasteiger partial charge in [0.15, 0.2) is 5.16 Å². The number of carbonyl (C=O) groups is 1. The second-order valence-corrected chi connectivity index (χ2v) is 9.16. The number of hydrogen-bond donors (Lipinski definition) is 1. The highest BCUT2D eigenvalue weighted by Crippen LogP contribution is 2.25.